The van der Waals surface area contributed by atoms with Gasteiger partial charge in [0.2, 0.25) is 0 Å². The molecule has 0 atom stereocenters. The fourth-order valence-corrected chi connectivity index (χ4v) is 5.96. The first-order valence-corrected chi connectivity index (χ1v) is 11.7. The predicted octanol–water partition coefficient (Wildman–Crippen LogP) is 6.18. The Morgan fingerprint density at radius 3 is 2.50 bits per heavy atom. The fraction of sp³-hybridized carbons (Fsp3) is 0.120. The molecule has 0 saturated carbocycles. The van der Waals surface area contributed by atoms with Gasteiger partial charge in [-0.2, -0.15) is 0 Å². The molecule has 0 radical (unpaired) electrons. The summed E-state index contributed by atoms with van der Waals surface area (Å²) < 4.78 is 5.39. The molecule has 1 amide bonds. The number of para-hydroxylation sites is 1. The third-order valence-corrected chi connectivity index (χ3v) is 7.65. The Morgan fingerprint density at radius 2 is 1.75 bits per heavy atom. The van der Waals surface area contributed by atoms with E-state index >= 15 is 0 Å². The Bertz CT molecular complexity index is 1270. The summed E-state index contributed by atoms with van der Waals surface area (Å²) in [5.41, 5.74) is 3.75. The smallest absolute Gasteiger partial charge is 0.274 e. The summed E-state index contributed by atoms with van der Waals surface area (Å²) in [6.45, 7) is 2.02. The van der Waals surface area contributed by atoms with E-state index in [-0.39, 0.29) is 5.91 Å². The number of benzene rings is 3. The molecule has 0 spiro atoms. The van der Waals surface area contributed by atoms with Crippen molar-refractivity contribution in [1.29, 1.82) is 0 Å². The highest BCUT2D eigenvalue weighted by Crippen LogP contribution is 2.51. The van der Waals surface area contributed by atoms with Crippen LogP contribution in [0.1, 0.15) is 5.56 Å². The maximum absolute atomic E-state index is 13.7. The highest BCUT2D eigenvalue weighted by molar-refractivity contribution is 8.20. The Hall–Kier alpha value is -3.16. The Balaban J connectivity index is 1.61. The largest absolute Gasteiger partial charge is 0.497 e. The molecular weight excluding hydrogens is 438 g/mol. The van der Waals surface area contributed by atoms with Crippen LogP contribution in [-0.4, -0.2) is 25.2 Å². The molecular formula is C25H21N3O2S2. The van der Waals surface area contributed by atoms with Gasteiger partial charge in [0.15, 0.2) is 5.17 Å². The summed E-state index contributed by atoms with van der Waals surface area (Å²) in [6.07, 6.45) is 0. The number of fused-ring (bicyclic) bond motifs is 1. The van der Waals surface area contributed by atoms with Crippen molar-refractivity contribution in [3.63, 3.8) is 0 Å². The van der Waals surface area contributed by atoms with Gasteiger partial charge in [-0.1, -0.05) is 42.1 Å². The van der Waals surface area contributed by atoms with E-state index in [9.17, 15) is 4.79 Å². The van der Waals surface area contributed by atoms with Gasteiger partial charge in [-0.3, -0.25) is 9.69 Å². The summed E-state index contributed by atoms with van der Waals surface area (Å²) in [7, 11) is 3.64. The zero-order valence-electron chi connectivity index (χ0n) is 17.9. The number of hydrogen-bond acceptors (Lipinski definition) is 6. The van der Waals surface area contributed by atoms with Gasteiger partial charge in [0.25, 0.3) is 5.91 Å². The van der Waals surface area contributed by atoms with E-state index in [4.69, 9.17) is 9.73 Å². The summed E-state index contributed by atoms with van der Waals surface area (Å²) in [5, 5.41) is 1.55. The van der Waals surface area contributed by atoms with Crippen molar-refractivity contribution in [3.8, 4) is 5.75 Å². The molecule has 2 aliphatic rings. The molecule has 0 bridgehead atoms. The Labute approximate surface area is 195 Å². The summed E-state index contributed by atoms with van der Waals surface area (Å²) >= 11 is 3.02. The average molecular weight is 460 g/mol. The molecule has 0 aromatic heterocycles. The molecule has 0 N–H and O–H groups in total. The predicted molar refractivity (Wildman–Crippen MR) is 134 cm³/mol. The summed E-state index contributed by atoms with van der Waals surface area (Å²) in [6, 6.07) is 23.7. The van der Waals surface area contributed by atoms with E-state index in [1.807, 2.05) is 86.8 Å². The third kappa shape index (κ3) is 3.67. The Kier molecular flexibility index (Phi) is 5.45. The second kappa shape index (κ2) is 8.41. The molecule has 3 aromatic carbocycles. The van der Waals surface area contributed by atoms with E-state index < -0.39 is 0 Å². The van der Waals surface area contributed by atoms with Crippen LogP contribution in [0.2, 0.25) is 0 Å². The molecule has 0 unspecified atom stereocenters. The summed E-state index contributed by atoms with van der Waals surface area (Å²) in [4.78, 5) is 24.1. The number of nitrogens with zero attached hydrogens (tertiary/aromatic N) is 3. The molecule has 3 aromatic rings. The number of hydrogen-bond donors (Lipinski definition) is 0. The van der Waals surface area contributed by atoms with E-state index in [1.165, 1.54) is 11.8 Å². The van der Waals surface area contributed by atoms with E-state index in [2.05, 4.69) is 4.90 Å². The number of rotatable bonds is 3. The van der Waals surface area contributed by atoms with E-state index in [1.54, 1.807) is 23.8 Å². The first-order valence-electron chi connectivity index (χ1n) is 10.1. The molecule has 32 heavy (non-hydrogen) atoms. The van der Waals surface area contributed by atoms with Gasteiger partial charge < -0.3 is 9.64 Å². The number of ether oxygens (including phenoxy) is 1. The number of anilines is 2. The lowest BCUT2D eigenvalue weighted by atomic mass is 10.2. The van der Waals surface area contributed by atoms with Gasteiger partial charge >= 0.3 is 0 Å². The lowest BCUT2D eigenvalue weighted by Crippen LogP contribution is -2.29. The zero-order chi connectivity index (χ0) is 22.2. The van der Waals surface area contributed by atoms with Crippen LogP contribution in [0.25, 0.3) is 0 Å². The van der Waals surface area contributed by atoms with Gasteiger partial charge in [0.1, 0.15) is 10.7 Å². The zero-order valence-corrected chi connectivity index (χ0v) is 19.5. The summed E-state index contributed by atoms with van der Waals surface area (Å²) in [5.74, 6) is 0.727. The molecule has 2 aliphatic heterocycles. The second-order valence-electron chi connectivity index (χ2n) is 7.44. The highest BCUT2D eigenvalue weighted by Gasteiger charge is 2.40. The van der Waals surface area contributed by atoms with Crippen LogP contribution in [0.4, 0.5) is 17.1 Å². The molecule has 5 rings (SSSR count). The quantitative estimate of drug-likeness (QED) is 0.438. The van der Waals surface area contributed by atoms with Crippen molar-refractivity contribution in [2.75, 3.05) is 24.0 Å². The average Bonchev–Trinajstić information content (AvgIpc) is 3.30. The lowest BCUT2D eigenvalue weighted by Gasteiger charge is -2.17. The lowest BCUT2D eigenvalue weighted by molar-refractivity contribution is -0.113. The molecule has 1 fully saturated rings. The maximum atomic E-state index is 13.7. The van der Waals surface area contributed by atoms with Crippen molar-refractivity contribution >= 4 is 51.7 Å². The van der Waals surface area contributed by atoms with Gasteiger partial charge in [0.05, 0.1) is 29.2 Å². The number of amidine groups is 1. The van der Waals surface area contributed by atoms with Gasteiger partial charge in [-0.15, -0.1) is 0 Å². The number of carbonyl (C=O) groups is 1. The molecule has 2 heterocycles. The van der Waals surface area contributed by atoms with Crippen LogP contribution in [0.3, 0.4) is 0 Å². The van der Waals surface area contributed by atoms with Crippen molar-refractivity contribution < 1.29 is 9.53 Å². The Morgan fingerprint density at radius 1 is 0.938 bits per heavy atom. The minimum atomic E-state index is -0.0654. The second-order valence-corrected chi connectivity index (χ2v) is 9.45. The SMILES string of the molecule is COc1ccc2c(c1)N(C)/C(=C1/SC(=Nc3ccccc3)N(c3cccc(C)c3)C1=O)S2. The minimum Gasteiger partial charge on any atom is -0.497 e. The maximum Gasteiger partial charge on any atom is 0.274 e. The van der Waals surface area contributed by atoms with Crippen molar-refractivity contribution in [1.82, 2.24) is 0 Å². The third-order valence-electron chi connectivity index (χ3n) is 5.26. The topological polar surface area (TPSA) is 45.1 Å². The van der Waals surface area contributed by atoms with Gasteiger partial charge in [0, 0.05) is 18.0 Å². The monoisotopic (exact) mass is 459 g/mol. The van der Waals surface area contributed by atoms with Crippen LogP contribution in [-0.2, 0) is 4.79 Å². The van der Waals surface area contributed by atoms with Gasteiger partial charge in [-0.25, -0.2) is 4.99 Å². The number of amides is 1. The normalized spacial score (nSPS) is 19.1. The van der Waals surface area contributed by atoms with Crippen molar-refractivity contribution in [2.45, 2.75) is 11.8 Å². The van der Waals surface area contributed by atoms with Gasteiger partial charge in [-0.05, 0) is 60.6 Å². The van der Waals surface area contributed by atoms with Crippen LogP contribution in [0.5, 0.6) is 5.75 Å². The van der Waals surface area contributed by atoms with Crippen LogP contribution in [0, 0.1) is 6.92 Å². The van der Waals surface area contributed by atoms with E-state index in [0.717, 1.165) is 38.3 Å². The minimum absolute atomic E-state index is 0.0654. The van der Waals surface area contributed by atoms with Crippen molar-refractivity contribution in [2.24, 2.45) is 4.99 Å². The standard InChI is InChI=1S/C25H21N3O2S2/c1-16-8-7-11-18(14-16)28-23(29)22(32-25(28)26-17-9-5-4-6-10-17)24-27(2)20-15-19(30-3)12-13-21(20)31-24/h4-15H,1-3H3/b24-22-,26-25?. The molecule has 0 aliphatic carbocycles. The first kappa shape index (κ1) is 20.7. The highest BCUT2D eigenvalue weighted by atomic mass is 32.2. The molecule has 1 saturated heterocycles. The number of thioether (sulfide) groups is 2. The number of methoxy groups -OCH3 is 1. The molecule has 7 heteroatoms. The fourth-order valence-electron chi connectivity index (χ4n) is 3.64. The number of aryl methyl sites for hydroxylation is 1. The van der Waals surface area contributed by atoms with Crippen LogP contribution < -0.4 is 14.5 Å². The van der Waals surface area contributed by atoms with E-state index in [0.29, 0.717) is 10.1 Å². The first-order chi connectivity index (χ1) is 15.5. The van der Waals surface area contributed by atoms with Crippen molar-refractivity contribution in [3.05, 3.63) is 88.3 Å². The molecule has 160 valence electrons. The number of carbonyl (C=O) groups excluding carboxylic acids is 1. The van der Waals surface area contributed by atoms with Crippen LogP contribution >= 0.6 is 23.5 Å². The van der Waals surface area contributed by atoms with Crippen LogP contribution in [0.15, 0.2) is 92.6 Å². The number of aliphatic imine (C=N–C) groups is 1. The molecule has 5 nitrogen and oxygen atoms in total.